The fourth-order valence-electron chi connectivity index (χ4n) is 4.90. The van der Waals surface area contributed by atoms with Crippen molar-refractivity contribution in [3.63, 3.8) is 0 Å². The third-order valence-corrected chi connectivity index (χ3v) is 14.8. The van der Waals surface area contributed by atoms with Crippen molar-refractivity contribution in [1.29, 1.82) is 0 Å². The summed E-state index contributed by atoms with van der Waals surface area (Å²) in [4.78, 5) is 3.96. The van der Waals surface area contributed by atoms with Crippen molar-refractivity contribution in [3.05, 3.63) is 90.1 Å². The van der Waals surface area contributed by atoms with Crippen LogP contribution in [0.3, 0.4) is 0 Å². The summed E-state index contributed by atoms with van der Waals surface area (Å²) in [6, 6.07) is 16.6. The first-order valence-corrected chi connectivity index (χ1v) is 18.8. The first kappa shape index (κ1) is 30.2. The van der Waals surface area contributed by atoms with E-state index in [2.05, 4.69) is 31.9 Å². The van der Waals surface area contributed by atoms with E-state index in [1.165, 1.54) is 57.5 Å². The maximum absolute atomic E-state index is 16.1. The predicted octanol–water partition coefficient (Wildman–Crippen LogP) is 14.1. The first-order chi connectivity index (χ1) is 20.4. The Kier molecular flexibility index (Phi) is 7.56. The number of halogens is 8. The molecule has 0 N–H and O–H groups in total. The van der Waals surface area contributed by atoms with Crippen LogP contribution in [-0.4, -0.2) is 17.8 Å². The SMILES string of the molecule is FC1(F)C(c2cc(-c3ccc(Br)s3)sc2-c2cccs2)=C(c2cc(-c3ccc(Br)s3)sc2-c2cccs2)C(F)(F)C1(F)F. The highest BCUT2D eigenvalue weighted by molar-refractivity contribution is 9.11. The van der Waals surface area contributed by atoms with E-state index in [0.29, 0.717) is 29.3 Å². The summed E-state index contributed by atoms with van der Waals surface area (Å²) in [5.41, 5.74) is -3.29. The van der Waals surface area contributed by atoms with Crippen LogP contribution in [0.4, 0.5) is 26.3 Å². The minimum Gasteiger partial charge on any atom is -0.194 e. The van der Waals surface area contributed by atoms with Crippen molar-refractivity contribution in [2.75, 3.05) is 0 Å². The first-order valence-electron chi connectivity index (χ1n) is 12.2. The van der Waals surface area contributed by atoms with Crippen molar-refractivity contribution in [2.24, 2.45) is 0 Å². The Hall–Kier alpha value is -1.52. The second-order valence-electron chi connectivity index (χ2n) is 9.34. The average Bonchev–Trinajstić information content (AvgIpc) is 3.78. The van der Waals surface area contributed by atoms with Crippen LogP contribution in [0, 0.1) is 0 Å². The maximum atomic E-state index is 16.1. The lowest BCUT2D eigenvalue weighted by Gasteiger charge is -2.25. The van der Waals surface area contributed by atoms with Gasteiger partial charge in [-0.15, -0.1) is 68.0 Å². The molecule has 0 amide bonds. The van der Waals surface area contributed by atoms with Crippen molar-refractivity contribution in [2.45, 2.75) is 17.8 Å². The van der Waals surface area contributed by atoms with E-state index < -0.39 is 28.9 Å². The zero-order valence-corrected chi connectivity index (χ0v) is 29.0. The second-order valence-corrected chi connectivity index (χ2v) is 18.3. The number of alkyl halides is 6. The van der Waals surface area contributed by atoms with Gasteiger partial charge in [0.2, 0.25) is 0 Å². The molecular weight excluding hydrogens is 815 g/mol. The molecule has 6 aromatic heterocycles. The minimum atomic E-state index is -5.66. The van der Waals surface area contributed by atoms with E-state index in [1.807, 2.05) is 0 Å². The average molecular weight is 827 g/mol. The summed E-state index contributed by atoms with van der Waals surface area (Å²) in [6.07, 6.45) is 0. The molecule has 6 heterocycles. The van der Waals surface area contributed by atoms with Crippen molar-refractivity contribution in [1.82, 2.24) is 0 Å². The minimum absolute atomic E-state index is 0.241. The van der Waals surface area contributed by atoms with Gasteiger partial charge in [0.05, 0.1) is 17.3 Å². The van der Waals surface area contributed by atoms with Gasteiger partial charge in [0, 0.05) is 51.5 Å². The highest BCUT2D eigenvalue weighted by Gasteiger charge is 2.80. The number of thiophene rings is 6. The molecule has 0 spiro atoms. The Morgan fingerprint density at radius 2 is 0.907 bits per heavy atom. The molecule has 1 aliphatic rings. The summed E-state index contributed by atoms with van der Waals surface area (Å²) in [7, 11) is 0. The van der Waals surface area contributed by atoms with E-state index in [4.69, 9.17) is 0 Å². The van der Waals surface area contributed by atoms with E-state index >= 15 is 26.3 Å². The molecule has 0 aromatic carbocycles. The van der Waals surface area contributed by atoms with Gasteiger partial charge in [-0.1, -0.05) is 12.1 Å². The molecule has 0 fully saturated rings. The van der Waals surface area contributed by atoms with Gasteiger partial charge in [-0.05, 0) is 91.2 Å². The van der Waals surface area contributed by atoms with Crippen molar-refractivity contribution in [3.8, 4) is 39.0 Å². The molecule has 0 unspecified atom stereocenters. The lowest BCUT2D eigenvalue weighted by atomic mass is 9.94. The Morgan fingerprint density at radius 1 is 0.488 bits per heavy atom. The number of hydrogen-bond donors (Lipinski definition) is 0. The Bertz CT molecular complexity index is 1850. The summed E-state index contributed by atoms with van der Waals surface area (Å²) in [6.45, 7) is 0. The van der Waals surface area contributed by atoms with Gasteiger partial charge in [0.25, 0.3) is 0 Å². The molecule has 0 saturated carbocycles. The highest BCUT2D eigenvalue weighted by Crippen LogP contribution is 2.67. The molecule has 220 valence electrons. The van der Waals surface area contributed by atoms with E-state index in [9.17, 15) is 0 Å². The molecule has 0 bridgehead atoms. The molecule has 0 radical (unpaired) electrons. The molecule has 0 saturated heterocycles. The fourth-order valence-corrected chi connectivity index (χ4v) is 11.9. The summed E-state index contributed by atoms with van der Waals surface area (Å²) < 4.78 is 96.7. The van der Waals surface area contributed by atoms with Crippen LogP contribution < -0.4 is 0 Å². The smallest absolute Gasteiger partial charge is 0.194 e. The Morgan fingerprint density at radius 3 is 1.23 bits per heavy atom. The second kappa shape index (κ2) is 10.8. The third-order valence-electron chi connectivity index (χ3n) is 6.79. The highest BCUT2D eigenvalue weighted by atomic mass is 79.9. The number of allylic oxidation sites excluding steroid dienone is 2. The van der Waals surface area contributed by atoms with Gasteiger partial charge >= 0.3 is 17.8 Å². The van der Waals surface area contributed by atoms with Gasteiger partial charge in [-0.2, -0.15) is 26.3 Å². The zero-order valence-electron chi connectivity index (χ0n) is 20.9. The van der Waals surface area contributed by atoms with E-state index in [-0.39, 0.29) is 20.9 Å². The van der Waals surface area contributed by atoms with Crippen molar-refractivity contribution < 1.29 is 26.3 Å². The molecular formula is C29H12Br2F6S6. The van der Waals surface area contributed by atoms with Gasteiger partial charge in [0.1, 0.15) is 0 Å². The van der Waals surface area contributed by atoms with Crippen LogP contribution in [-0.2, 0) is 0 Å². The molecule has 6 aromatic rings. The normalized spacial score (nSPS) is 17.3. The predicted molar refractivity (Wildman–Crippen MR) is 179 cm³/mol. The van der Waals surface area contributed by atoms with Gasteiger partial charge < -0.3 is 0 Å². The number of rotatable bonds is 6. The molecule has 7 rings (SSSR count). The summed E-state index contributed by atoms with van der Waals surface area (Å²) in [5.74, 6) is -16.0. The van der Waals surface area contributed by atoms with Gasteiger partial charge in [-0.3, -0.25) is 0 Å². The quantitative estimate of drug-likeness (QED) is 0.147. The standard InChI is InChI=1S/C29H12Br2F6S6/c30-21-7-5-15(40-21)19-11-13(25(42-19)17-3-1-9-38-17)23-24(28(34,35)29(36,37)27(23,32)33)14-12-20(16-6-8-22(31)41-16)43-26(14)18-4-2-10-39-18/h1-12H. The maximum Gasteiger partial charge on any atom is 0.380 e. The topological polar surface area (TPSA) is 0 Å². The molecule has 0 aliphatic heterocycles. The lowest BCUT2D eigenvalue weighted by molar-refractivity contribution is -0.254. The van der Waals surface area contributed by atoms with Crippen LogP contribution in [0.25, 0.3) is 50.2 Å². The summed E-state index contributed by atoms with van der Waals surface area (Å²) >= 11 is 14.2. The molecule has 14 heteroatoms. The zero-order chi connectivity index (χ0) is 30.3. The monoisotopic (exact) mass is 824 g/mol. The van der Waals surface area contributed by atoms with Crippen LogP contribution in [0.1, 0.15) is 11.1 Å². The number of hydrogen-bond acceptors (Lipinski definition) is 6. The summed E-state index contributed by atoms with van der Waals surface area (Å²) in [5, 5.41) is 3.45. The molecule has 0 nitrogen and oxygen atoms in total. The van der Waals surface area contributed by atoms with Crippen LogP contribution in [0.5, 0.6) is 0 Å². The largest absolute Gasteiger partial charge is 0.380 e. The fraction of sp³-hybridized carbons (Fsp3) is 0.103. The van der Waals surface area contributed by atoms with E-state index in [0.717, 1.165) is 30.2 Å². The van der Waals surface area contributed by atoms with Crippen molar-refractivity contribution >= 4 is 111 Å². The lowest BCUT2D eigenvalue weighted by Crippen LogP contribution is -2.48. The molecule has 1 aliphatic carbocycles. The van der Waals surface area contributed by atoms with Crippen LogP contribution in [0.2, 0.25) is 0 Å². The molecule has 0 atom stereocenters. The van der Waals surface area contributed by atoms with Crippen LogP contribution in [0.15, 0.2) is 79.0 Å². The van der Waals surface area contributed by atoms with Gasteiger partial charge in [-0.25, -0.2) is 0 Å². The third kappa shape index (κ3) is 4.74. The Labute approximate surface area is 281 Å². The van der Waals surface area contributed by atoms with Gasteiger partial charge in [0.15, 0.2) is 0 Å². The van der Waals surface area contributed by atoms with Crippen LogP contribution >= 0.6 is 99.9 Å². The Balaban J connectivity index is 1.58. The molecule has 43 heavy (non-hydrogen) atoms. The van der Waals surface area contributed by atoms with E-state index in [1.54, 1.807) is 59.3 Å².